The van der Waals surface area contributed by atoms with Gasteiger partial charge in [0.1, 0.15) is 11.4 Å². The van der Waals surface area contributed by atoms with Crippen molar-refractivity contribution in [1.82, 2.24) is 5.32 Å². The molecule has 0 saturated heterocycles. The number of benzene rings is 1. The van der Waals surface area contributed by atoms with Gasteiger partial charge in [0.25, 0.3) is 5.91 Å². The lowest BCUT2D eigenvalue weighted by Gasteiger charge is -2.22. The summed E-state index contributed by atoms with van der Waals surface area (Å²) in [6.07, 6.45) is 0. The predicted molar refractivity (Wildman–Crippen MR) is 78.8 cm³/mol. The van der Waals surface area contributed by atoms with Crippen molar-refractivity contribution in [2.75, 3.05) is 13.2 Å². The van der Waals surface area contributed by atoms with Gasteiger partial charge < -0.3 is 15.2 Å². The quantitative estimate of drug-likeness (QED) is 0.857. The molecule has 1 atom stereocenters. The second-order valence-electron chi connectivity index (χ2n) is 4.63. The molecule has 106 valence electrons. The molecule has 1 aromatic carbocycles. The molecule has 2 N–H and O–H groups in total. The summed E-state index contributed by atoms with van der Waals surface area (Å²) in [5, 5.41) is 14.8. The Balaban J connectivity index is 1.78. The molecule has 2 rings (SSSR count). The largest absolute Gasteiger partial charge is 0.484 e. The third kappa shape index (κ3) is 4.08. The van der Waals surface area contributed by atoms with Crippen molar-refractivity contribution in [2.45, 2.75) is 12.5 Å². The first-order valence-electron chi connectivity index (χ1n) is 6.29. The van der Waals surface area contributed by atoms with E-state index in [1.807, 2.05) is 35.7 Å². The molecule has 0 fully saturated rings. The van der Waals surface area contributed by atoms with Gasteiger partial charge in [-0.1, -0.05) is 24.3 Å². The summed E-state index contributed by atoms with van der Waals surface area (Å²) in [5.74, 6) is 0.387. The SMILES string of the molecule is CC(O)(CNC(=O)COc1ccccc1)c1cccs1. The number of carbonyl (C=O) groups excluding carboxylic acids is 1. The first kappa shape index (κ1) is 14.6. The summed E-state index contributed by atoms with van der Waals surface area (Å²) in [5.41, 5.74) is -1.06. The number of carbonyl (C=O) groups is 1. The van der Waals surface area contributed by atoms with E-state index in [-0.39, 0.29) is 19.1 Å². The number of nitrogens with one attached hydrogen (secondary N) is 1. The Morgan fingerprint density at radius 3 is 2.70 bits per heavy atom. The number of amides is 1. The van der Waals surface area contributed by atoms with Crippen LogP contribution in [0.5, 0.6) is 5.75 Å². The molecule has 4 nitrogen and oxygen atoms in total. The van der Waals surface area contributed by atoms with Gasteiger partial charge in [0.2, 0.25) is 0 Å². The van der Waals surface area contributed by atoms with E-state index < -0.39 is 5.60 Å². The molecule has 1 unspecified atom stereocenters. The molecular formula is C15H17NO3S. The smallest absolute Gasteiger partial charge is 0.258 e. The van der Waals surface area contributed by atoms with E-state index in [1.165, 1.54) is 11.3 Å². The molecule has 0 saturated carbocycles. The highest BCUT2D eigenvalue weighted by Crippen LogP contribution is 2.24. The maximum atomic E-state index is 11.7. The van der Waals surface area contributed by atoms with Gasteiger partial charge in [-0.05, 0) is 30.5 Å². The number of hydrogen-bond acceptors (Lipinski definition) is 4. The molecule has 0 bridgehead atoms. The fourth-order valence-corrected chi connectivity index (χ4v) is 2.45. The van der Waals surface area contributed by atoms with E-state index in [0.717, 1.165) is 4.88 Å². The fourth-order valence-electron chi connectivity index (χ4n) is 1.66. The Bertz CT molecular complexity index is 538. The van der Waals surface area contributed by atoms with Gasteiger partial charge in [-0.3, -0.25) is 4.79 Å². The van der Waals surface area contributed by atoms with Crippen molar-refractivity contribution >= 4 is 17.2 Å². The molecule has 2 aromatic rings. The number of aliphatic hydroxyl groups is 1. The molecule has 5 heteroatoms. The first-order valence-corrected chi connectivity index (χ1v) is 7.17. The van der Waals surface area contributed by atoms with E-state index in [0.29, 0.717) is 5.75 Å². The van der Waals surface area contributed by atoms with E-state index >= 15 is 0 Å². The summed E-state index contributed by atoms with van der Waals surface area (Å²) in [6, 6.07) is 12.9. The highest BCUT2D eigenvalue weighted by Gasteiger charge is 2.24. The average molecular weight is 291 g/mol. The normalized spacial score (nSPS) is 13.5. The number of para-hydroxylation sites is 1. The van der Waals surface area contributed by atoms with E-state index in [2.05, 4.69) is 5.32 Å². The summed E-state index contributed by atoms with van der Waals surface area (Å²) in [7, 11) is 0. The Morgan fingerprint density at radius 2 is 2.05 bits per heavy atom. The van der Waals surface area contributed by atoms with Crippen molar-refractivity contribution in [3.8, 4) is 5.75 Å². The van der Waals surface area contributed by atoms with Crippen molar-refractivity contribution in [3.63, 3.8) is 0 Å². The van der Waals surface area contributed by atoms with Gasteiger partial charge in [-0.15, -0.1) is 11.3 Å². The molecule has 0 aliphatic carbocycles. The van der Waals surface area contributed by atoms with Gasteiger partial charge in [0, 0.05) is 4.88 Å². The predicted octanol–water partition coefficient (Wildman–Crippen LogP) is 2.15. The molecule has 0 aliphatic heterocycles. The van der Waals surface area contributed by atoms with Crippen LogP contribution in [-0.2, 0) is 10.4 Å². The lowest BCUT2D eigenvalue weighted by Crippen LogP contribution is -2.40. The summed E-state index contributed by atoms with van der Waals surface area (Å²) < 4.78 is 5.33. The fraction of sp³-hybridized carbons (Fsp3) is 0.267. The number of hydrogen-bond donors (Lipinski definition) is 2. The first-order chi connectivity index (χ1) is 9.58. The van der Waals surface area contributed by atoms with Crippen LogP contribution in [0, 0.1) is 0 Å². The van der Waals surface area contributed by atoms with Gasteiger partial charge >= 0.3 is 0 Å². The second-order valence-corrected chi connectivity index (χ2v) is 5.58. The number of thiophene rings is 1. The van der Waals surface area contributed by atoms with Crippen molar-refractivity contribution in [2.24, 2.45) is 0 Å². The monoisotopic (exact) mass is 291 g/mol. The van der Waals surface area contributed by atoms with E-state index in [4.69, 9.17) is 4.74 Å². The maximum absolute atomic E-state index is 11.7. The molecule has 0 radical (unpaired) electrons. The Kier molecular flexibility index (Phi) is 4.76. The lowest BCUT2D eigenvalue weighted by molar-refractivity contribution is -0.124. The molecular weight excluding hydrogens is 274 g/mol. The van der Waals surface area contributed by atoms with E-state index in [1.54, 1.807) is 19.1 Å². The van der Waals surface area contributed by atoms with Gasteiger partial charge in [-0.2, -0.15) is 0 Å². The lowest BCUT2D eigenvalue weighted by atomic mass is 10.1. The standard InChI is InChI=1S/C15H17NO3S/c1-15(18,13-8-5-9-20-13)11-16-14(17)10-19-12-6-3-2-4-7-12/h2-9,18H,10-11H2,1H3,(H,16,17). The molecule has 0 spiro atoms. The van der Waals surface area contributed by atoms with Gasteiger partial charge in [-0.25, -0.2) is 0 Å². The van der Waals surface area contributed by atoms with Crippen LogP contribution in [0.3, 0.4) is 0 Å². The zero-order chi connectivity index (χ0) is 14.4. The average Bonchev–Trinajstić information content (AvgIpc) is 2.99. The number of rotatable bonds is 6. The minimum atomic E-state index is -1.06. The molecule has 1 heterocycles. The van der Waals surface area contributed by atoms with Crippen LogP contribution in [-0.4, -0.2) is 24.2 Å². The third-order valence-electron chi connectivity index (χ3n) is 2.79. The van der Waals surface area contributed by atoms with Gasteiger partial charge in [0.05, 0.1) is 6.54 Å². The zero-order valence-corrected chi connectivity index (χ0v) is 12.0. The number of ether oxygens (including phenoxy) is 1. The van der Waals surface area contributed by atoms with Crippen LogP contribution < -0.4 is 10.1 Å². The topological polar surface area (TPSA) is 58.6 Å². The van der Waals surface area contributed by atoms with Crippen LogP contribution in [0.1, 0.15) is 11.8 Å². The summed E-state index contributed by atoms with van der Waals surface area (Å²) in [6.45, 7) is 1.77. The Morgan fingerprint density at radius 1 is 1.30 bits per heavy atom. The summed E-state index contributed by atoms with van der Waals surface area (Å²) >= 11 is 1.46. The maximum Gasteiger partial charge on any atom is 0.258 e. The minimum Gasteiger partial charge on any atom is -0.484 e. The Hall–Kier alpha value is -1.85. The molecule has 1 aromatic heterocycles. The van der Waals surface area contributed by atoms with E-state index in [9.17, 15) is 9.90 Å². The molecule has 0 aliphatic rings. The van der Waals surface area contributed by atoms with Gasteiger partial charge in [0.15, 0.2) is 6.61 Å². The Labute approximate surface area is 122 Å². The van der Waals surface area contributed by atoms with Crippen molar-refractivity contribution < 1.29 is 14.6 Å². The highest BCUT2D eigenvalue weighted by atomic mass is 32.1. The third-order valence-corrected chi connectivity index (χ3v) is 3.92. The highest BCUT2D eigenvalue weighted by molar-refractivity contribution is 7.10. The minimum absolute atomic E-state index is 0.0649. The van der Waals surface area contributed by atoms with Crippen LogP contribution in [0.4, 0.5) is 0 Å². The van der Waals surface area contributed by atoms with Crippen LogP contribution >= 0.6 is 11.3 Å². The zero-order valence-electron chi connectivity index (χ0n) is 11.2. The molecule has 1 amide bonds. The second kappa shape index (κ2) is 6.54. The molecule has 20 heavy (non-hydrogen) atoms. The van der Waals surface area contributed by atoms with Crippen LogP contribution in [0.25, 0.3) is 0 Å². The summed E-state index contributed by atoms with van der Waals surface area (Å²) in [4.78, 5) is 12.5. The van der Waals surface area contributed by atoms with Crippen LogP contribution in [0.15, 0.2) is 47.8 Å². The van der Waals surface area contributed by atoms with Crippen molar-refractivity contribution in [3.05, 3.63) is 52.7 Å². The van der Waals surface area contributed by atoms with Crippen molar-refractivity contribution in [1.29, 1.82) is 0 Å². The van der Waals surface area contributed by atoms with Crippen LogP contribution in [0.2, 0.25) is 0 Å².